The summed E-state index contributed by atoms with van der Waals surface area (Å²) in [4.78, 5) is 36.2. The normalized spacial score (nSPS) is 10.3. The molecule has 0 radical (unpaired) electrons. The average Bonchev–Trinajstić information content (AvgIpc) is 2.86. The number of aromatic amines is 1. The van der Waals surface area contributed by atoms with E-state index in [2.05, 4.69) is 4.98 Å². The van der Waals surface area contributed by atoms with Crippen LogP contribution in [0.15, 0.2) is 36.7 Å². The second-order valence-electron chi connectivity index (χ2n) is 4.53. The van der Waals surface area contributed by atoms with Crippen molar-refractivity contribution in [1.29, 1.82) is 0 Å². The van der Waals surface area contributed by atoms with Gasteiger partial charge in [0.25, 0.3) is 0 Å². The van der Waals surface area contributed by atoms with Gasteiger partial charge >= 0.3 is 5.97 Å². The minimum atomic E-state index is -1.63. The maximum absolute atomic E-state index is 13.1. The number of hydrogen-bond acceptors (Lipinski definition) is 3. The molecule has 0 fully saturated rings. The molecule has 2 N–H and O–H groups in total. The number of ketones is 2. The highest BCUT2D eigenvalue weighted by Crippen LogP contribution is 2.16. The maximum atomic E-state index is 13.1. The van der Waals surface area contributed by atoms with Crippen LogP contribution in [-0.4, -0.2) is 27.6 Å². The molecule has 0 unspecified atom stereocenters. The average molecular weight is 289 g/mol. The van der Waals surface area contributed by atoms with Gasteiger partial charge in [0.1, 0.15) is 5.82 Å². The summed E-state index contributed by atoms with van der Waals surface area (Å²) < 4.78 is 13.1. The number of carboxylic acid groups (broad SMARTS) is 1. The molecule has 0 spiro atoms. The Morgan fingerprint density at radius 3 is 2.62 bits per heavy atom. The SMILES string of the molecule is O=C(O)C(=O)CC(=O)c1c[nH]cc1Cc1cccc(F)c1. The number of benzene rings is 1. The van der Waals surface area contributed by atoms with E-state index < -0.39 is 24.0 Å². The Kier molecular flexibility index (Phi) is 4.27. The van der Waals surface area contributed by atoms with Gasteiger partial charge in [0.15, 0.2) is 5.78 Å². The van der Waals surface area contributed by atoms with Crippen LogP contribution in [0.2, 0.25) is 0 Å². The number of Topliss-reactive ketones (excluding diaryl/α,β-unsaturated/α-hetero) is 2. The number of carboxylic acids is 1. The first-order valence-corrected chi connectivity index (χ1v) is 6.17. The van der Waals surface area contributed by atoms with Crippen molar-refractivity contribution in [2.24, 2.45) is 0 Å². The first-order chi connectivity index (χ1) is 9.97. The summed E-state index contributed by atoms with van der Waals surface area (Å²) >= 11 is 0. The molecule has 108 valence electrons. The van der Waals surface area contributed by atoms with Crippen molar-refractivity contribution >= 4 is 17.5 Å². The number of hydrogen-bond donors (Lipinski definition) is 2. The molecule has 0 bridgehead atoms. The van der Waals surface area contributed by atoms with Crippen molar-refractivity contribution in [3.05, 3.63) is 59.2 Å². The molecular formula is C15H12FNO4. The van der Waals surface area contributed by atoms with Gasteiger partial charge in [-0.25, -0.2) is 9.18 Å². The van der Waals surface area contributed by atoms with Crippen molar-refractivity contribution in [3.63, 3.8) is 0 Å². The fraction of sp³-hybridized carbons (Fsp3) is 0.133. The third kappa shape index (κ3) is 3.62. The number of carbonyl (C=O) groups is 3. The summed E-state index contributed by atoms with van der Waals surface area (Å²) in [5, 5.41) is 8.51. The molecule has 6 heteroatoms. The Bertz CT molecular complexity index is 705. The fourth-order valence-corrected chi connectivity index (χ4v) is 1.99. The Morgan fingerprint density at radius 2 is 1.95 bits per heavy atom. The van der Waals surface area contributed by atoms with Gasteiger partial charge in [-0.3, -0.25) is 9.59 Å². The third-order valence-electron chi connectivity index (χ3n) is 2.97. The van der Waals surface area contributed by atoms with Gasteiger partial charge in [-0.2, -0.15) is 0 Å². The summed E-state index contributed by atoms with van der Waals surface area (Å²) in [5.41, 5.74) is 1.51. The number of halogens is 1. The fourth-order valence-electron chi connectivity index (χ4n) is 1.99. The second kappa shape index (κ2) is 6.13. The lowest BCUT2D eigenvalue weighted by molar-refractivity contribution is -0.148. The topological polar surface area (TPSA) is 87.2 Å². The summed E-state index contributed by atoms with van der Waals surface area (Å²) in [5.74, 6) is -3.74. The van der Waals surface area contributed by atoms with E-state index in [1.54, 1.807) is 18.3 Å². The Labute approximate surface area is 119 Å². The van der Waals surface area contributed by atoms with Crippen LogP contribution < -0.4 is 0 Å². The van der Waals surface area contributed by atoms with Crippen LogP contribution in [0.1, 0.15) is 27.9 Å². The van der Waals surface area contributed by atoms with Crippen LogP contribution in [0.3, 0.4) is 0 Å². The van der Waals surface area contributed by atoms with Crippen molar-refractivity contribution < 1.29 is 23.9 Å². The minimum absolute atomic E-state index is 0.244. The Morgan fingerprint density at radius 1 is 1.19 bits per heavy atom. The molecule has 0 amide bonds. The summed E-state index contributed by atoms with van der Waals surface area (Å²) in [6.07, 6.45) is 2.60. The van der Waals surface area contributed by atoms with Crippen molar-refractivity contribution in [2.45, 2.75) is 12.8 Å². The van der Waals surface area contributed by atoms with E-state index in [0.717, 1.165) is 0 Å². The van der Waals surface area contributed by atoms with Crippen molar-refractivity contribution in [1.82, 2.24) is 4.98 Å². The van der Waals surface area contributed by atoms with E-state index in [0.29, 0.717) is 17.5 Å². The molecule has 2 aromatic rings. The van der Waals surface area contributed by atoms with Gasteiger partial charge in [-0.15, -0.1) is 0 Å². The predicted molar refractivity (Wildman–Crippen MR) is 71.6 cm³/mol. The summed E-state index contributed by atoms with van der Waals surface area (Å²) in [6.45, 7) is 0. The second-order valence-corrected chi connectivity index (χ2v) is 4.53. The first kappa shape index (κ1) is 14.6. The molecule has 0 aliphatic rings. The van der Waals surface area contributed by atoms with E-state index in [1.807, 2.05) is 0 Å². The smallest absolute Gasteiger partial charge is 0.372 e. The van der Waals surface area contributed by atoms with Crippen LogP contribution in [0.25, 0.3) is 0 Å². The quantitative estimate of drug-likeness (QED) is 0.483. The maximum Gasteiger partial charge on any atom is 0.372 e. The predicted octanol–water partition coefficient (Wildman–Crippen LogP) is 1.97. The lowest BCUT2D eigenvalue weighted by Crippen LogP contribution is -2.17. The number of aromatic nitrogens is 1. The molecule has 0 aliphatic carbocycles. The number of H-pyrrole nitrogens is 1. The first-order valence-electron chi connectivity index (χ1n) is 6.17. The lowest BCUT2D eigenvalue weighted by Gasteiger charge is -2.03. The zero-order valence-corrected chi connectivity index (χ0v) is 10.9. The third-order valence-corrected chi connectivity index (χ3v) is 2.97. The van der Waals surface area contributed by atoms with Crippen LogP contribution in [-0.2, 0) is 16.0 Å². The largest absolute Gasteiger partial charge is 0.475 e. The molecule has 21 heavy (non-hydrogen) atoms. The van der Waals surface area contributed by atoms with Gasteiger partial charge in [-0.1, -0.05) is 12.1 Å². The van der Waals surface area contributed by atoms with E-state index >= 15 is 0 Å². The zero-order chi connectivity index (χ0) is 15.4. The van der Waals surface area contributed by atoms with Gasteiger partial charge in [0, 0.05) is 18.0 Å². The van der Waals surface area contributed by atoms with Crippen LogP contribution in [0.5, 0.6) is 0 Å². The molecular weight excluding hydrogens is 277 g/mol. The van der Waals surface area contributed by atoms with Crippen molar-refractivity contribution in [3.8, 4) is 0 Å². The van der Waals surface area contributed by atoms with Gasteiger partial charge in [0.2, 0.25) is 5.78 Å². The van der Waals surface area contributed by atoms with Crippen molar-refractivity contribution in [2.75, 3.05) is 0 Å². The van der Waals surface area contributed by atoms with Crippen LogP contribution in [0.4, 0.5) is 4.39 Å². The highest BCUT2D eigenvalue weighted by molar-refractivity contribution is 6.37. The highest BCUT2D eigenvalue weighted by Gasteiger charge is 2.20. The number of rotatable bonds is 6. The molecule has 0 saturated heterocycles. The summed E-state index contributed by atoms with van der Waals surface area (Å²) in [6, 6.07) is 5.95. The molecule has 1 aromatic heterocycles. The molecule has 0 aliphatic heterocycles. The Balaban J connectivity index is 2.17. The van der Waals surface area contributed by atoms with E-state index in [4.69, 9.17) is 5.11 Å². The van der Waals surface area contributed by atoms with Gasteiger partial charge < -0.3 is 10.1 Å². The standard InChI is InChI=1S/C15H12FNO4/c16-11-3-1-2-9(5-11)4-10-7-17-8-12(10)13(18)6-14(19)15(20)21/h1-3,5,7-8,17H,4,6H2,(H,20,21). The Hall–Kier alpha value is -2.76. The molecule has 0 saturated carbocycles. The molecule has 2 rings (SSSR count). The van der Waals surface area contributed by atoms with E-state index in [9.17, 15) is 18.8 Å². The molecule has 0 atom stereocenters. The number of carbonyl (C=O) groups excluding carboxylic acids is 2. The monoisotopic (exact) mass is 289 g/mol. The van der Waals surface area contributed by atoms with Crippen LogP contribution in [0, 0.1) is 5.82 Å². The highest BCUT2D eigenvalue weighted by atomic mass is 19.1. The van der Waals surface area contributed by atoms with Crippen LogP contribution >= 0.6 is 0 Å². The number of aliphatic carboxylic acids is 1. The lowest BCUT2D eigenvalue weighted by atomic mass is 9.99. The summed E-state index contributed by atoms with van der Waals surface area (Å²) in [7, 11) is 0. The van der Waals surface area contributed by atoms with E-state index in [-0.39, 0.29) is 11.4 Å². The minimum Gasteiger partial charge on any atom is -0.475 e. The molecule has 1 heterocycles. The zero-order valence-electron chi connectivity index (χ0n) is 10.9. The molecule has 5 nitrogen and oxygen atoms in total. The van der Waals surface area contributed by atoms with E-state index in [1.165, 1.54) is 18.3 Å². The van der Waals surface area contributed by atoms with Gasteiger partial charge in [-0.05, 0) is 29.7 Å². The molecule has 1 aromatic carbocycles. The number of nitrogens with one attached hydrogen (secondary N) is 1. The van der Waals surface area contributed by atoms with Gasteiger partial charge in [0.05, 0.1) is 6.42 Å².